The van der Waals surface area contributed by atoms with Crippen LogP contribution < -0.4 is 5.32 Å². The van der Waals surface area contributed by atoms with Crippen LogP contribution in [-0.4, -0.2) is 36.6 Å². The van der Waals surface area contributed by atoms with Gasteiger partial charge in [-0.2, -0.15) is 0 Å². The van der Waals surface area contributed by atoms with Gasteiger partial charge < -0.3 is 15.0 Å². The van der Waals surface area contributed by atoms with Crippen molar-refractivity contribution < 1.29 is 9.53 Å². The number of Topliss-reactive ketones (excluding diaryl/α,β-unsaturated/α-hetero) is 1. The number of para-hydroxylation sites is 1. The predicted octanol–water partition coefficient (Wildman–Crippen LogP) is 1.34. The summed E-state index contributed by atoms with van der Waals surface area (Å²) in [6.45, 7) is 1.87. The van der Waals surface area contributed by atoms with Crippen molar-refractivity contribution in [1.82, 2.24) is 10.3 Å². The highest BCUT2D eigenvalue weighted by Crippen LogP contribution is 2.19. The Kier molecular flexibility index (Phi) is 2.66. The largest absolute Gasteiger partial charge is 0.378 e. The fraction of sp³-hybridized carbons (Fsp3) is 0.308. The first kappa shape index (κ1) is 10.5. The van der Waals surface area contributed by atoms with E-state index in [1.54, 1.807) is 6.20 Å². The summed E-state index contributed by atoms with van der Waals surface area (Å²) in [6.07, 6.45) is 1.78. The Morgan fingerprint density at radius 1 is 1.35 bits per heavy atom. The highest BCUT2D eigenvalue weighted by Gasteiger charge is 2.24. The molecule has 4 nitrogen and oxygen atoms in total. The van der Waals surface area contributed by atoms with Gasteiger partial charge in [0.2, 0.25) is 0 Å². The number of benzene rings is 1. The molecule has 2 heterocycles. The first-order valence-corrected chi connectivity index (χ1v) is 5.78. The molecule has 1 aliphatic rings. The second-order valence-electron chi connectivity index (χ2n) is 4.19. The summed E-state index contributed by atoms with van der Waals surface area (Å²) in [5.74, 6) is 0.0992. The van der Waals surface area contributed by atoms with Crippen molar-refractivity contribution in [3.05, 3.63) is 36.0 Å². The molecule has 1 aromatic heterocycles. The molecule has 1 aliphatic heterocycles. The Morgan fingerprint density at radius 3 is 3.06 bits per heavy atom. The van der Waals surface area contributed by atoms with Crippen LogP contribution in [0.5, 0.6) is 0 Å². The predicted molar refractivity (Wildman–Crippen MR) is 65.2 cm³/mol. The standard InChI is InChI=1S/C13H14N2O2/c16-13(12-8-17-6-5-14-12)10-7-15-11-4-2-1-3-9(10)11/h1-4,7,12,14-15H,5-6,8H2. The second-order valence-corrected chi connectivity index (χ2v) is 4.19. The van der Waals surface area contributed by atoms with E-state index in [-0.39, 0.29) is 11.8 Å². The zero-order valence-electron chi connectivity index (χ0n) is 9.40. The summed E-state index contributed by atoms with van der Waals surface area (Å²) in [6, 6.07) is 7.61. The topological polar surface area (TPSA) is 54.1 Å². The van der Waals surface area contributed by atoms with Crippen molar-refractivity contribution in [2.24, 2.45) is 0 Å². The first-order chi connectivity index (χ1) is 8.36. The van der Waals surface area contributed by atoms with Crippen LogP contribution in [-0.2, 0) is 4.74 Å². The van der Waals surface area contributed by atoms with Crippen LogP contribution in [0.4, 0.5) is 0 Å². The Hall–Kier alpha value is -1.65. The molecule has 0 saturated carbocycles. The molecule has 0 radical (unpaired) electrons. The first-order valence-electron chi connectivity index (χ1n) is 5.78. The lowest BCUT2D eigenvalue weighted by molar-refractivity contribution is 0.0609. The Labute approximate surface area is 99.0 Å². The van der Waals surface area contributed by atoms with E-state index >= 15 is 0 Å². The average molecular weight is 230 g/mol. The molecule has 2 N–H and O–H groups in total. The van der Waals surface area contributed by atoms with E-state index in [0.29, 0.717) is 13.2 Å². The Bertz CT molecular complexity index is 541. The van der Waals surface area contributed by atoms with Gasteiger partial charge in [-0.25, -0.2) is 0 Å². The van der Waals surface area contributed by atoms with Crippen LogP contribution in [0.1, 0.15) is 10.4 Å². The van der Waals surface area contributed by atoms with Crippen molar-refractivity contribution in [2.75, 3.05) is 19.8 Å². The zero-order chi connectivity index (χ0) is 11.7. The monoisotopic (exact) mass is 230 g/mol. The lowest BCUT2D eigenvalue weighted by atomic mass is 10.0. The van der Waals surface area contributed by atoms with E-state index in [1.807, 2.05) is 24.3 Å². The third-order valence-corrected chi connectivity index (χ3v) is 3.09. The second kappa shape index (κ2) is 4.31. The van der Waals surface area contributed by atoms with E-state index in [0.717, 1.165) is 23.0 Å². The zero-order valence-corrected chi connectivity index (χ0v) is 9.40. The quantitative estimate of drug-likeness (QED) is 0.765. The number of ketones is 1. The number of aromatic nitrogens is 1. The fourth-order valence-electron chi connectivity index (χ4n) is 2.20. The Morgan fingerprint density at radius 2 is 2.24 bits per heavy atom. The van der Waals surface area contributed by atoms with Gasteiger partial charge >= 0.3 is 0 Å². The van der Waals surface area contributed by atoms with Crippen LogP contribution in [0.2, 0.25) is 0 Å². The molecule has 0 bridgehead atoms. The van der Waals surface area contributed by atoms with E-state index in [2.05, 4.69) is 10.3 Å². The van der Waals surface area contributed by atoms with Gasteiger partial charge in [0.05, 0.1) is 19.3 Å². The van der Waals surface area contributed by atoms with E-state index in [4.69, 9.17) is 4.74 Å². The minimum Gasteiger partial charge on any atom is -0.378 e. The summed E-state index contributed by atoms with van der Waals surface area (Å²) >= 11 is 0. The van der Waals surface area contributed by atoms with Gasteiger partial charge in [-0.3, -0.25) is 4.79 Å². The highest BCUT2D eigenvalue weighted by atomic mass is 16.5. The number of carbonyl (C=O) groups is 1. The van der Waals surface area contributed by atoms with Gasteiger partial charge in [-0.05, 0) is 6.07 Å². The van der Waals surface area contributed by atoms with Gasteiger partial charge in [-0.15, -0.1) is 0 Å². The molecule has 17 heavy (non-hydrogen) atoms. The molecule has 2 aromatic rings. The van der Waals surface area contributed by atoms with Crippen LogP contribution in [0, 0.1) is 0 Å². The van der Waals surface area contributed by atoms with Crippen molar-refractivity contribution >= 4 is 16.7 Å². The summed E-state index contributed by atoms with van der Waals surface area (Å²) in [4.78, 5) is 15.4. The van der Waals surface area contributed by atoms with Gasteiger partial charge in [0.15, 0.2) is 5.78 Å². The summed E-state index contributed by atoms with van der Waals surface area (Å²) < 4.78 is 5.32. The summed E-state index contributed by atoms with van der Waals surface area (Å²) in [7, 11) is 0. The molecular formula is C13H14N2O2. The number of H-pyrrole nitrogens is 1. The Balaban J connectivity index is 1.95. The molecule has 1 fully saturated rings. The molecule has 1 atom stereocenters. The SMILES string of the molecule is O=C(c1c[nH]c2ccccc12)C1COCCN1. The molecular weight excluding hydrogens is 216 g/mol. The van der Waals surface area contributed by atoms with Gasteiger partial charge in [0, 0.05) is 29.2 Å². The fourth-order valence-corrected chi connectivity index (χ4v) is 2.20. The minimum atomic E-state index is -0.219. The maximum Gasteiger partial charge on any atom is 0.184 e. The summed E-state index contributed by atoms with van der Waals surface area (Å²) in [5.41, 5.74) is 1.73. The third-order valence-electron chi connectivity index (χ3n) is 3.09. The van der Waals surface area contributed by atoms with Gasteiger partial charge in [0.1, 0.15) is 0 Å². The lowest BCUT2D eigenvalue weighted by Crippen LogP contribution is -2.46. The van der Waals surface area contributed by atoms with Crippen LogP contribution in [0.15, 0.2) is 30.5 Å². The van der Waals surface area contributed by atoms with Crippen LogP contribution in [0.25, 0.3) is 10.9 Å². The minimum absolute atomic E-state index is 0.0992. The van der Waals surface area contributed by atoms with E-state index < -0.39 is 0 Å². The molecule has 4 heteroatoms. The number of hydrogen-bond acceptors (Lipinski definition) is 3. The number of morpholine rings is 1. The molecule has 1 aromatic carbocycles. The van der Waals surface area contributed by atoms with E-state index in [9.17, 15) is 4.79 Å². The number of ether oxygens (including phenoxy) is 1. The van der Waals surface area contributed by atoms with Crippen molar-refractivity contribution in [3.63, 3.8) is 0 Å². The average Bonchev–Trinajstić information content (AvgIpc) is 2.83. The summed E-state index contributed by atoms with van der Waals surface area (Å²) in [5, 5.41) is 4.16. The maximum atomic E-state index is 12.3. The maximum absolute atomic E-state index is 12.3. The smallest absolute Gasteiger partial charge is 0.184 e. The van der Waals surface area contributed by atoms with E-state index in [1.165, 1.54) is 0 Å². The van der Waals surface area contributed by atoms with Gasteiger partial charge in [0.25, 0.3) is 0 Å². The van der Waals surface area contributed by atoms with Crippen molar-refractivity contribution in [3.8, 4) is 0 Å². The van der Waals surface area contributed by atoms with Gasteiger partial charge in [-0.1, -0.05) is 18.2 Å². The molecule has 0 aliphatic carbocycles. The van der Waals surface area contributed by atoms with Crippen LogP contribution in [0.3, 0.4) is 0 Å². The number of nitrogens with one attached hydrogen (secondary N) is 2. The number of hydrogen-bond donors (Lipinski definition) is 2. The highest BCUT2D eigenvalue weighted by molar-refractivity contribution is 6.10. The molecule has 1 saturated heterocycles. The molecule has 88 valence electrons. The molecule has 0 amide bonds. The lowest BCUT2D eigenvalue weighted by Gasteiger charge is -2.22. The molecule has 3 rings (SSSR count). The third kappa shape index (κ3) is 1.85. The number of rotatable bonds is 2. The van der Waals surface area contributed by atoms with Crippen LogP contribution >= 0.6 is 0 Å². The number of fused-ring (bicyclic) bond motifs is 1. The molecule has 0 spiro atoms. The number of carbonyl (C=O) groups excluding carboxylic acids is 1. The normalized spacial score (nSPS) is 20.6. The van der Waals surface area contributed by atoms with Crippen molar-refractivity contribution in [2.45, 2.75) is 6.04 Å². The number of aromatic amines is 1. The van der Waals surface area contributed by atoms with Crippen molar-refractivity contribution in [1.29, 1.82) is 0 Å². The molecule has 1 unspecified atom stereocenters.